The maximum atomic E-state index is 13.5. The largest absolute Gasteiger partial charge is 0.497 e. The number of para-hydroxylation sites is 1. The van der Waals surface area contributed by atoms with E-state index in [2.05, 4.69) is 49.3 Å². The van der Waals surface area contributed by atoms with Crippen LogP contribution in [-0.2, 0) is 9.59 Å². The molecule has 0 saturated heterocycles. The Hall–Kier alpha value is -3.48. The summed E-state index contributed by atoms with van der Waals surface area (Å²) in [6.07, 6.45) is 2.35. The fourth-order valence-electron chi connectivity index (χ4n) is 5.76. The SMILES string of the molecule is COc1ccc(NC(=O)CN(C(=O)CC2C(c3c(C)[nH]c4ccccc34)C2(C)C)C2CC2)c(OC)c1. The first-order valence-electron chi connectivity index (χ1n) is 12.6. The molecule has 2 unspecified atom stereocenters. The van der Waals surface area contributed by atoms with Crippen LogP contribution in [-0.4, -0.2) is 48.5 Å². The molecule has 0 aliphatic heterocycles. The Kier molecular flexibility index (Phi) is 6.18. The molecular weight excluding hydrogens is 454 g/mol. The van der Waals surface area contributed by atoms with Crippen LogP contribution in [0.5, 0.6) is 11.5 Å². The Bertz CT molecular complexity index is 1310. The molecule has 2 aliphatic rings. The molecule has 2 aromatic carbocycles. The highest BCUT2D eigenvalue weighted by Gasteiger charge is 2.60. The van der Waals surface area contributed by atoms with E-state index in [1.165, 1.54) is 16.6 Å². The van der Waals surface area contributed by atoms with Gasteiger partial charge in [0.2, 0.25) is 11.8 Å². The summed E-state index contributed by atoms with van der Waals surface area (Å²) in [6.45, 7) is 6.67. The smallest absolute Gasteiger partial charge is 0.244 e. The Morgan fingerprint density at radius 2 is 1.86 bits per heavy atom. The second kappa shape index (κ2) is 9.19. The summed E-state index contributed by atoms with van der Waals surface area (Å²) in [6, 6.07) is 13.8. The summed E-state index contributed by atoms with van der Waals surface area (Å²) in [5.74, 6) is 1.56. The molecule has 0 radical (unpaired) electrons. The van der Waals surface area contributed by atoms with Crippen LogP contribution in [0.4, 0.5) is 5.69 Å². The van der Waals surface area contributed by atoms with Crippen LogP contribution < -0.4 is 14.8 Å². The van der Waals surface area contributed by atoms with E-state index in [-0.39, 0.29) is 35.7 Å². The molecule has 7 heteroatoms. The average molecular weight is 490 g/mol. The van der Waals surface area contributed by atoms with Gasteiger partial charge < -0.3 is 24.7 Å². The van der Waals surface area contributed by atoms with Crippen molar-refractivity contribution >= 4 is 28.4 Å². The molecule has 2 saturated carbocycles. The van der Waals surface area contributed by atoms with E-state index in [1.54, 1.807) is 37.3 Å². The Labute approximate surface area is 212 Å². The van der Waals surface area contributed by atoms with Gasteiger partial charge in [0.25, 0.3) is 0 Å². The summed E-state index contributed by atoms with van der Waals surface area (Å²) in [5, 5.41) is 4.15. The van der Waals surface area contributed by atoms with E-state index in [0.29, 0.717) is 29.5 Å². The number of hydrogen-bond acceptors (Lipinski definition) is 4. The van der Waals surface area contributed by atoms with Crippen LogP contribution in [0.2, 0.25) is 0 Å². The summed E-state index contributed by atoms with van der Waals surface area (Å²) in [4.78, 5) is 31.8. The second-order valence-electron chi connectivity index (χ2n) is 10.7. The lowest BCUT2D eigenvalue weighted by Gasteiger charge is -2.22. The molecule has 1 heterocycles. The Morgan fingerprint density at radius 3 is 2.56 bits per heavy atom. The minimum absolute atomic E-state index is 0.0271. The van der Waals surface area contributed by atoms with Gasteiger partial charge in [-0.25, -0.2) is 0 Å². The van der Waals surface area contributed by atoms with Crippen molar-refractivity contribution in [3.05, 3.63) is 53.7 Å². The number of carbonyl (C=O) groups is 2. The van der Waals surface area contributed by atoms with Crippen LogP contribution in [0.25, 0.3) is 10.9 Å². The minimum atomic E-state index is -0.224. The third-order valence-electron chi connectivity index (χ3n) is 8.00. The van der Waals surface area contributed by atoms with E-state index in [0.717, 1.165) is 18.4 Å². The standard InChI is InChI=1S/C29H35N3O4/c1-17-27(20-8-6-7-9-22(20)30-17)28-21(29(28,2)3)15-26(34)32(18-10-11-18)16-25(33)31-23-13-12-19(35-4)14-24(23)36-5/h6-9,12-14,18,21,28,30H,10-11,15-16H2,1-5H3,(H,31,33). The van der Waals surface area contributed by atoms with Crippen molar-refractivity contribution in [2.24, 2.45) is 11.3 Å². The number of nitrogens with one attached hydrogen (secondary N) is 2. The second-order valence-corrected chi connectivity index (χ2v) is 10.7. The zero-order valence-electron chi connectivity index (χ0n) is 21.7. The van der Waals surface area contributed by atoms with Crippen LogP contribution in [0.3, 0.4) is 0 Å². The summed E-state index contributed by atoms with van der Waals surface area (Å²) >= 11 is 0. The molecule has 0 bridgehead atoms. The third kappa shape index (κ3) is 4.43. The van der Waals surface area contributed by atoms with Gasteiger partial charge in [0.05, 0.1) is 19.9 Å². The van der Waals surface area contributed by atoms with Gasteiger partial charge in [0, 0.05) is 35.1 Å². The highest BCUT2D eigenvalue weighted by atomic mass is 16.5. The molecule has 2 amide bonds. The number of methoxy groups -OCH3 is 2. The summed E-state index contributed by atoms with van der Waals surface area (Å²) in [7, 11) is 3.13. The van der Waals surface area contributed by atoms with E-state index in [9.17, 15) is 9.59 Å². The van der Waals surface area contributed by atoms with E-state index in [4.69, 9.17) is 9.47 Å². The van der Waals surface area contributed by atoms with Crippen molar-refractivity contribution in [1.82, 2.24) is 9.88 Å². The van der Waals surface area contributed by atoms with Crippen molar-refractivity contribution < 1.29 is 19.1 Å². The van der Waals surface area contributed by atoms with Gasteiger partial charge in [-0.15, -0.1) is 0 Å². The molecular formula is C29H35N3O4. The zero-order valence-corrected chi connectivity index (χ0v) is 21.7. The number of nitrogens with zero attached hydrogens (tertiary/aromatic N) is 1. The van der Waals surface area contributed by atoms with Crippen molar-refractivity contribution in [3.63, 3.8) is 0 Å². The third-order valence-corrected chi connectivity index (χ3v) is 8.00. The number of amides is 2. The average Bonchev–Trinajstić information content (AvgIpc) is 3.75. The van der Waals surface area contributed by atoms with Gasteiger partial charge in [0.1, 0.15) is 18.0 Å². The number of aromatic nitrogens is 1. The maximum absolute atomic E-state index is 13.5. The van der Waals surface area contributed by atoms with Gasteiger partial charge >= 0.3 is 0 Å². The number of ether oxygens (including phenoxy) is 2. The number of benzene rings is 2. The van der Waals surface area contributed by atoms with Gasteiger partial charge in [0.15, 0.2) is 0 Å². The van der Waals surface area contributed by atoms with Gasteiger partial charge in [-0.3, -0.25) is 9.59 Å². The highest BCUT2D eigenvalue weighted by molar-refractivity contribution is 5.96. The van der Waals surface area contributed by atoms with E-state index >= 15 is 0 Å². The molecule has 5 rings (SSSR count). The number of rotatable bonds is 9. The highest BCUT2D eigenvalue weighted by Crippen LogP contribution is 2.67. The number of carbonyl (C=O) groups excluding carboxylic acids is 2. The van der Waals surface area contributed by atoms with Crippen LogP contribution >= 0.6 is 0 Å². The van der Waals surface area contributed by atoms with Crippen molar-refractivity contribution in [2.75, 3.05) is 26.1 Å². The first kappa shape index (κ1) is 24.2. The first-order valence-corrected chi connectivity index (χ1v) is 12.6. The topological polar surface area (TPSA) is 83.7 Å². The Morgan fingerprint density at radius 1 is 1.11 bits per heavy atom. The van der Waals surface area contributed by atoms with Gasteiger partial charge in [-0.05, 0) is 60.8 Å². The van der Waals surface area contributed by atoms with Crippen LogP contribution in [0.1, 0.15) is 50.3 Å². The molecule has 2 atom stereocenters. The minimum Gasteiger partial charge on any atom is -0.497 e. The van der Waals surface area contributed by atoms with E-state index in [1.807, 2.05) is 6.07 Å². The number of aryl methyl sites for hydroxylation is 1. The molecule has 1 aromatic heterocycles. The number of H-pyrrole nitrogens is 1. The lowest BCUT2D eigenvalue weighted by molar-refractivity contribution is -0.135. The molecule has 7 nitrogen and oxygen atoms in total. The molecule has 36 heavy (non-hydrogen) atoms. The summed E-state index contributed by atoms with van der Waals surface area (Å²) in [5.41, 5.74) is 4.23. The quantitative estimate of drug-likeness (QED) is 0.430. The molecule has 3 aromatic rings. The van der Waals surface area contributed by atoms with E-state index < -0.39 is 0 Å². The fraction of sp³-hybridized carbons (Fsp3) is 0.448. The van der Waals surface area contributed by atoms with Gasteiger partial charge in [-0.2, -0.15) is 0 Å². The molecule has 2 fully saturated rings. The molecule has 0 spiro atoms. The number of fused-ring (bicyclic) bond motifs is 1. The van der Waals surface area contributed by atoms with Crippen molar-refractivity contribution in [2.45, 2.75) is 52.0 Å². The predicted octanol–water partition coefficient (Wildman–Crippen LogP) is 5.25. The lowest BCUT2D eigenvalue weighted by atomic mass is 10.0. The molecule has 2 N–H and O–H groups in total. The number of hydrogen-bond donors (Lipinski definition) is 2. The monoisotopic (exact) mass is 489 g/mol. The number of aromatic amines is 1. The van der Waals surface area contributed by atoms with Crippen molar-refractivity contribution in [3.8, 4) is 11.5 Å². The maximum Gasteiger partial charge on any atom is 0.244 e. The van der Waals surface area contributed by atoms with Crippen LogP contribution in [0, 0.1) is 18.3 Å². The fourth-order valence-corrected chi connectivity index (χ4v) is 5.76. The van der Waals surface area contributed by atoms with Crippen LogP contribution in [0.15, 0.2) is 42.5 Å². The predicted molar refractivity (Wildman–Crippen MR) is 141 cm³/mol. The normalized spacial score (nSPS) is 20.1. The number of anilines is 1. The summed E-state index contributed by atoms with van der Waals surface area (Å²) < 4.78 is 10.6. The van der Waals surface area contributed by atoms with Gasteiger partial charge in [-0.1, -0.05) is 32.0 Å². The zero-order chi connectivity index (χ0) is 25.6. The molecule has 2 aliphatic carbocycles. The Balaban J connectivity index is 1.28. The first-order chi connectivity index (χ1) is 17.2. The molecule has 190 valence electrons. The lowest BCUT2D eigenvalue weighted by Crippen LogP contribution is -2.40. The van der Waals surface area contributed by atoms with Crippen molar-refractivity contribution in [1.29, 1.82) is 0 Å².